The van der Waals surface area contributed by atoms with Crippen LogP contribution in [0.5, 0.6) is 0 Å². The largest absolute Gasteiger partial charge is 0.481 e. The topological polar surface area (TPSA) is 87.1 Å². The molecule has 1 atom stereocenters. The predicted molar refractivity (Wildman–Crippen MR) is 39.7 cm³/mol. The van der Waals surface area contributed by atoms with E-state index in [1.165, 1.54) is 0 Å². The number of hydrogen-bond donors (Lipinski definition) is 2. The van der Waals surface area contributed by atoms with Crippen LogP contribution in [0, 0.1) is 11.3 Å². The van der Waals surface area contributed by atoms with Crippen molar-refractivity contribution in [2.75, 3.05) is 0 Å². The van der Waals surface area contributed by atoms with Crippen molar-refractivity contribution in [1.82, 2.24) is 0 Å². The summed E-state index contributed by atoms with van der Waals surface area (Å²) in [5, 5.41) is 16.7. The molecule has 0 aromatic heterocycles. The SMILES string of the molecule is CC(N)(C#N)CCCC(=O)O. The maximum Gasteiger partial charge on any atom is 0.303 e. The molecule has 0 aromatic carbocycles. The Kier molecular flexibility index (Phi) is 3.55. The van der Waals surface area contributed by atoms with Gasteiger partial charge in [-0.05, 0) is 19.8 Å². The maximum atomic E-state index is 10.0. The number of nitrogens with zero attached hydrogens (tertiary/aromatic N) is 1. The van der Waals surface area contributed by atoms with E-state index >= 15 is 0 Å². The molecule has 4 nitrogen and oxygen atoms in total. The van der Waals surface area contributed by atoms with Crippen LogP contribution in [0.3, 0.4) is 0 Å². The van der Waals surface area contributed by atoms with E-state index in [1.54, 1.807) is 6.92 Å². The average Bonchev–Trinajstić information content (AvgIpc) is 1.87. The zero-order valence-electron chi connectivity index (χ0n) is 6.50. The molecule has 11 heavy (non-hydrogen) atoms. The van der Waals surface area contributed by atoms with Gasteiger partial charge in [-0.25, -0.2) is 0 Å². The average molecular weight is 156 g/mol. The highest BCUT2D eigenvalue weighted by Crippen LogP contribution is 2.08. The standard InChI is InChI=1S/C7H12N2O2/c1-7(9,5-8)4-2-3-6(10)11/h2-4,9H2,1H3,(H,10,11). The van der Waals surface area contributed by atoms with Gasteiger partial charge in [-0.15, -0.1) is 0 Å². The summed E-state index contributed by atoms with van der Waals surface area (Å²) in [5.41, 5.74) is 4.57. The summed E-state index contributed by atoms with van der Waals surface area (Å²) in [6.45, 7) is 1.59. The second kappa shape index (κ2) is 3.94. The smallest absolute Gasteiger partial charge is 0.303 e. The molecular formula is C7H12N2O2. The molecule has 0 heterocycles. The summed E-state index contributed by atoms with van der Waals surface area (Å²) >= 11 is 0. The van der Waals surface area contributed by atoms with Crippen molar-refractivity contribution in [3.05, 3.63) is 0 Å². The van der Waals surface area contributed by atoms with Gasteiger partial charge in [0.15, 0.2) is 0 Å². The van der Waals surface area contributed by atoms with Crippen LogP contribution in [0.1, 0.15) is 26.2 Å². The van der Waals surface area contributed by atoms with Gasteiger partial charge in [-0.1, -0.05) is 0 Å². The number of carbonyl (C=O) groups is 1. The highest BCUT2D eigenvalue weighted by Gasteiger charge is 2.16. The van der Waals surface area contributed by atoms with E-state index in [2.05, 4.69) is 0 Å². The number of hydrogen-bond acceptors (Lipinski definition) is 3. The van der Waals surface area contributed by atoms with Gasteiger partial charge in [0, 0.05) is 6.42 Å². The third-order valence-corrected chi connectivity index (χ3v) is 1.34. The summed E-state index contributed by atoms with van der Waals surface area (Å²) in [6.07, 6.45) is 0.958. The molecule has 0 aromatic rings. The predicted octanol–water partition coefficient (Wildman–Crippen LogP) is 0.482. The Hall–Kier alpha value is -1.08. The molecule has 0 spiro atoms. The number of nitriles is 1. The maximum absolute atomic E-state index is 10.0. The summed E-state index contributed by atoms with van der Waals surface area (Å²) in [6, 6.07) is 1.90. The lowest BCUT2D eigenvalue weighted by molar-refractivity contribution is -0.137. The number of nitrogens with two attached hydrogens (primary N) is 1. The van der Waals surface area contributed by atoms with Crippen molar-refractivity contribution in [3.63, 3.8) is 0 Å². The van der Waals surface area contributed by atoms with E-state index in [4.69, 9.17) is 16.1 Å². The van der Waals surface area contributed by atoms with Crippen LogP contribution in [0.25, 0.3) is 0 Å². The van der Waals surface area contributed by atoms with Crippen LogP contribution in [-0.4, -0.2) is 16.6 Å². The molecule has 0 saturated heterocycles. The third-order valence-electron chi connectivity index (χ3n) is 1.34. The minimum absolute atomic E-state index is 0.0778. The Labute approximate surface area is 65.6 Å². The molecule has 4 heteroatoms. The van der Waals surface area contributed by atoms with Gasteiger partial charge in [0.25, 0.3) is 0 Å². The minimum atomic E-state index is -0.880. The molecule has 0 aliphatic carbocycles. The summed E-state index contributed by atoms with van der Waals surface area (Å²) < 4.78 is 0. The molecule has 1 unspecified atom stereocenters. The number of carboxylic acid groups (broad SMARTS) is 1. The Morgan fingerprint density at radius 1 is 1.82 bits per heavy atom. The molecule has 0 saturated carbocycles. The summed E-state index contributed by atoms with van der Waals surface area (Å²) in [7, 11) is 0. The first kappa shape index (κ1) is 9.92. The molecule has 0 aliphatic heterocycles. The lowest BCUT2D eigenvalue weighted by Gasteiger charge is -2.13. The van der Waals surface area contributed by atoms with Crippen LogP contribution in [0.4, 0.5) is 0 Å². The van der Waals surface area contributed by atoms with Crippen molar-refractivity contribution in [2.45, 2.75) is 31.7 Å². The van der Waals surface area contributed by atoms with Gasteiger partial charge < -0.3 is 10.8 Å². The molecule has 0 amide bonds. The normalized spacial score (nSPS) is 15.0. The van der Waals surface area contributed by atoms with Crippen LogP contribution in [0.2, 0.25) is 0 Å². The first-order valence-electron chi connectivity index (χ1n) is 3.40. The molecular weight excluding hydrogens is 144 g/mol. The molecule has 0 bridgehead atoms. The Balaban J connectivity index is 3.56. The second-order valence-corrected chi connectivity index (χ2v) is 2.78. The Morgan fingerprint density at radius 3 is 2.73 bits per heavy atom. The fourth-order valence-corrected chi connectivity index (χ4v) is 0.663. The molecule has 3 N–H and O–H groups in total. The number of carboxylic acids is 1. The van der Waals surface area contributed by atoms with E-state index in [0.717, 1.165) is 0 Å². The van der Waals surface area contributed by atoms with Gasteiger partial charge in [0.1, 0.15) is 5.54 Å². The molecule has 0 aliphatic rings. The van der Waals surface area contributed by atoms with E-state index < -0.39 is 11.5 Å². The van der Waals surface area contributed by atoms with Crippen molar-refractivity contribution in [3.8, 4) is 6.07 Å². The van der Waals surface area contributed by atoms with Crippen molar-refractivity contribution < 1.29 is 9.90 Å². The van der Waals surface area contributed by atoms with Gasteiger partial charge in [0.05, 0.1) is 6.07 Å². The van der Waals surface area contributed by atoms with Gasteiger partial charge in [0.2, 0.25) is 0 Å². The van der Waals surface area contributed by atoms with Crippen LogP contribution >= 0.6 is 0 Å². The summed E-state index contributed by atoms with van der Waals surface area (Å²) in [5.74, 6) is -0.848. The quantitative estimate of drug-likeness (QED) is 0.619. The molecule has 0 radical (unpaired) electrons. The fraction of sp³-hybridized carbons (Fsp3) is 0.714. The van der Waals surface area contributed by atoms with Gasteiger partial charge in [-0.2, -0.15) is 5.26 Å². The van der Waals surface area contributed by atoms with E-state index in [-0.39, 0.29) is 6.42 Å². The van der Waals surface area contributed by atoms with Crippen molar-refractivity contribution in [2.24, 2.45) is 5.73 Å². The third kappa shape index (κ3) is 5.37. The Bertz CT molecular complexity index is 181. The highest BCUT2D eigenvalue weighted by molar-refractivity contribution is 5.66. The van der Waals surface area contributed by atoms with Crippen LogP contribution < -0.4 is 5.73 Å². The van der Waals surface area contributed by atoms with E-state index in [9.17, 15) is 4.79 Å². The molecule has 62 valence electrons. The highest BCUT2D eigenvalue weighted by atomic mass is 16.4. The molecule has 0 rings (SSSR count). The fourth-order valence-electron chi connectivity index (χ4n) is 0.663. The van der Waals surface area contributed by atoms with Crippen LogP contribution in [0.15, 0.2) is 0 Å². The lowest BCUT2D eigenvalue weighted by Crippen LogP contribution is -2.33. The lowest BCUT2D eigenvalue weighted by atomic mass is 9.98. The zero-order chi connectivity index (χ0) is 8.91. The zero-order valence-corrected chi connectivity index (χ0v) is 6.50. The first-order valence-corrected chi connectivity index (χ1v) is 3.40. The Morgan fingerprint density at radius 2 is 2.36 bits per heavy atom. The monoisotopic (exact) mass is 156 g/mol. The van der Waals surface area contributed by atoms with E-state index in [1.807, 2.05) is 6.07 Å². The second-order valence-electron chi connectivity index (χ2n) is 2.78. The first-order chi connectivity index (χ1) is 4.98. The summed E-state index contributed by atoms with van der Waals surface area (Å²) in [4.78, 5) is 10.0. The van der Waals surface area contributed by atoms with E-state index in [0.29, 0.717) is 12.8 Å². The van der Waals surface area contributed by atoms with Gasteiger partial charge in [-0.3, -0.25) is 4.79 Å². The minimum Gasteiger partial charge on any atom is -0.481 e. The van der Waals surface area contributed by atoms with Crippen LogP contribution in [-0.2, 0) is 4.79 Å². The number of aliphatic carboxylic acids is 1. The molecule has 0 fully saturated rings. The number of rotatable bonds is 4. The van der Waals surface area contributed by atoms with Gasteiger partial charge >= 0.3 is 5.97 Å². The van der Waals surface area contributed by atoms with Crippen molar-refractivity contribution in [1.29, 1.82) is 5.26 Å². The van der Waals surface area contributed by atoms with Crippen molar-refractivity contribution >= 4 is 5.97 Å².